The number of para-hydroxylation sites is 3. The fourth-order valence-corrected chi connectivity index (χ4v) is 7.33. The van der Waals surface area contributed by atoms with Crippen LogP contribution in [0.2, 0.25) is 0 Å². The molecule has 9 rings (SSSR count). The van der Waals surface area contributed by atoms with Crippen molar-refractivity contribution in [3.63, 3.8) is 0 Å². The molecule has 0 radical (unpaired) electrons. The van der Waals surface area contributed by atoms with Crippen molar-refractivity contribution < 1.29 is 0 Å². The zero-order valence-electron chi connectivity index (χ0n) is 26.3. The molecule has 0 saturated carbocycles. The molecule has 0 bridgehead atoms. The smallest absolute Gasteiger partial charge is 0.235 e. The molecule has 1 aliphatic heterocycles. The number of hydrogen-bond donors (Lipinski definition) is 0. The van der Waals surface area contributed by atoms with E-state index in [0.717, 1.165) is 45.1 Å². The first-order valence-electron chi connectivity index (χ1n) is 16.1. The first-order valence-corrected chi connectivity index (χ1v) is 16.1. The molecule has 8 aromatic rings. The van der Waals surface area contributed by atoms with Crippen LogP contribution in [-0.4, -0.2) is 14.5 Å². The van der Waals surface area contributed by atoms with Crippen LogP contribution in [-0.2, 0) is 5.41 Å². The normalized spacial score (nSPS) is 13.4. The van der Waals surface area contributed by atoms with E-state index in [1.807, 2.05) is 12.1 Å². The Bertz CT molecular complexity index is 2370. The monoisotopic (exact) mass is 604 g/mol. The number of hydrogen-bond acceptors (Lipinski definition) is 3. The largest absolute Gasteiger partial charge is 0.307 e. The maximum atomic E-state index is 5.37. The molecular formula is C43H32N4. The van der Waals surface area contributed by atoms with Crippen molar-refractivity contribution in [2.75, 3.05) is 4.90 Å². The van der Waals surface area contributed by atoms with Crippen LogP contribution in [0.25, 0.3) is 50.0 Å². The van der Waals surface area contributed by atoms with Crippen LogP contribution in [0.5, 0.6) is 0 Å². The van der Waals surface area contributed by atoms with E-state index in [1.165, 1.54) is 27.4 Å². The van der Waals surface area contributed by atoms with Gasteiger partial charge in [0.25, 0.3) is 0 Å². The van der Waals surface area contributed by atoms with E-state index in [1.54, 1.807) is 0 Å². The van der Waals surface area contributed by atoms with Gasteiger partial charge in [0.05, 0.1) is 33.8 Å². The van der Waals surface area contributed by atoms with Crippen LogP contribution in [0.4, 0.5) is 17.3 Å². The highest BCUT2D eigenvalue weighted by Gasteiger charge is 2.40. The summed E-state index contributed by atoms with van der Waals surface area (Å²) in [4.78, 5) is 13.0. The lowest BCUT2D eigenvalue weighted by atomic mass is 9.73. The zero-order valence-corrected chi connectivity index (χ0v) is 26.3. The molecule has 3 heterocycles. The first kappa shape index (κ1) is 27.3. The maximum absolute atomic E-state index is 5.37. The summed E-state index contributed by atoms with van der Waals surface area (Å²) in [6, 6.07) is 55.7. The number of rotatable bonds is 4. The van der Waals surface area contributed by atoms with E-state index in [2.05, 4.69) is 169 Å². The van der Waals surface area contributed by atoms with Gasteiger partial charge in [-0.05, 0) is 41.5 Å². The first-order chi connectivity index (χ1) is 23.1. The molecule has 0 atom stereocenters. The lowest BCUT2D eigenvalue weighted by molar-refractivity contribution is 0.631. The van der Waals surface area contributed by atoms with Crippen LogP contribution >= 0.6 is 0 Å². The van der Waals surface area contributed by atoms with Crippen molar-refractivity contribution in [2.24, 2.45) is 0 Å². The molecule has 4 heteroatoms. The molecule has 1 aliphatic rings. The topological polar surface area (TPSA) is 34.0 Å². The van der Waals surface area contributed by atoms with Crippen LogP contribution in [0.3, 0.4) is 0 Å². The molecule has 0 spiro atoms. The fraction of sp³-hybridized carbons (Fsp3) is 0.0698. The van der Waals surface area contributed by atoms with Gasteiger partial charge in [0, 0.05) is 33.0 Å². The van der Waals surface area contributed by atoms with E-state index >= 15 is 0 Å². The lowest BCUT2D eigenvalue weighted by Crippen LogP contribution is -2.32. The summed E-state index contributed by atoms with van der Waals surface area (Å²) in [5.74, 6) is 0.645. The maximum Gasteiger partial charge on any atom is 0.235 e. The highest BCUT2D eigenvalue weighted by atomic mass is 15.3. The van der Waals surface area contributed by atoms with Gasteiger partial charge in [0.15, 0.2) is 0 Å². The van der Waals surface area contributed by atoms with Gasteiger partial charge in [0.2, 0.25) is 5.95 Å². The standard InChI is InChI=1S/C43H32N4/c1-43(2)34-23-13-15-25-39(34)47(42-44-36(29-16-6-3-7-17-29)28-37(45-42)30-18-8-4-9-19-30)41-35(43)27-26-33-32-22-12-14-24-38(32)46(40(33)41)31-20-10-5-11-21-31/h3-28H,1-2H3. The second kappa shape index (κ2) is 10.5. The molecule has 6 aromatic carbocycles. The average Bonchev–Trinajstić information content (AvgIpc) is 3.47. The Balaban J connectivity index is 1.44. The van der Waals surface area contributed by atoms with Gasteiger partial charge in [0.1, 0.15) is 0 Å². The third kappa shape index (κ3) is 4.22. The van der Waals surface area contributed by atoms with Gasteiger partial charge in [-0.3, -0.25) is 4.90 Å². The number of aromatic nitrogens is 3. The molecule has 0 N–H and O–H groups in total. The highest BCUT2D eigenvalue weighted by molar-refractivity contribution is 6.15. The van der Waals surface area contributed by atoms with Crippen LogP contribution in [0, 0.1) is 0 Å². The second-order valence-corrected chi connectivity index (χ2v) is 12.7. The Morgan fingerprint density at radius 3 is 1.77 bits per heavy atom. The molecule has 0 amide bonds. The third-order valence-corrected chi connectivity index (χ3v) is 9.59. The van der Waals surface area contributed by atoms with Gasteiger partial charge in [-0.25, -0.2) is 9.97 Å². The number of anilines is 3. The van der Waals surface area contributed by atoms with Gasteiger partial charge < -0.3 is 4.57 Å². The molecule has 0 aliphatic carbocycles. The fourth-order valence-electron chi connectivity index (χ4n) is 7.33. The quantitative estimate of drug-likeness (QED) is 0.200. The summed E-state index contributed by atoms with van der Waals surface area (Å²) >= 11 is 0. The minimum absolute atomic E-state index is 0.270. The summed E-state index contributed by atoms with van der Waals surface area (Å²) in [6.07, 6.45) is 0. The summed E-state index contributed by atoms with van der Waals surface area (Å²) in [5.41, 5.74) is 11.7. The van der Waals surface area contributed by atoms with Gasteiger partial charge in [-0.15, -0.1) is 0 Å². The Labute approximate surface area is 274 Å². The summed E-state index contributed by atoms with van der Waals surface area (Å²) < 4.78 is 2.42. The summed E-state index contributed by atoms with van der Waals surface area (Å²) in [5, 5.41) is 2.42. The van der Waals surface area contributed by atoms with Crippen molar-refractivity contribution in [1.82, 2.24) is 14.5 Å². The summed E-state index contributed by atoms with van der Waals surface area (Å²) in [7, 11) is 0. The van der Waals surface area contributed by atoms with E-state index in [-0.39, 0.29) is 5.41 Å². The van der Waals surface area contributed by atoms with E-state index in [9.17, 15) is 0 Å². The predicted molar refractivity (Wildman–Crippen MR) is 194 cm³/mol. The number of fused-ring (bicyclic) bond motifs is 6. The molecule has 47 heavy (non-hydrogen) atoms. The highest BCUT2D eigenvalue weighted by Crippen LogP contribution is 2.55. The molecule has 224 valence electrons. The van der Waals surface area contributed by atoms with Crippen molar-refractivity contribution in [2.45, 2.75) is 19.3 Å². The summed E-state index contributed by atoms with van der Waals surface area (Å²) in [6.45, 7) is 4.67. The van der Waals surface area contributed by atoms with Crippen LogP contribution < -0.4 is 4.90 Å². The Kier molecular flexibility index (Phi) is 6.12. The Morgan fingerprint density at radius 2 is 1.09 bits per heavy atom. The Hall–Kier alpha value is -6.00. The van der Waals surface area contributed by atoms with Crippen molar-refractivity contribution in [3.05, 3.63) is 169 Å². The van der Waals surface area contributed by atoms with Crippen molar-refractivity contribution in [3.8, 4) is 28.2 Å². The second-order valence-electron chi connectivity index (χ2n) is 12.7. The third-order valence-electron chi connectivity index (χ3n) is 9.59. The van der Waals surface area contributed by atoms with Gasteiger partial charge in [-0.2, -0.15) is 0 Å². The van der Waals surface area contributed by atoms with Crippen molar-refractivity contribution >= 4 is 39.1 Å². The lowest BCUT2D eigenvalue weighted by Gasteiger charge is -2.41. The molecular weight excluding hydrogens is 573 g/mol. The number of nitrogens with zero attached hydrogens (tertiary/aromatic N) is 4. The predicted octanol–water partition coefficient (Wildman–Crippen LogP) is 11.0. The Morgan fingerprint density at radius 1 is 0.511 bits per heavy atom. The molecule has 2 aromatic heterocycles. The van der Waals surface area contributed by atoms with E-state index in [4.69, 9.17) is 9.97 Å². The SMILES string of the molecule is CC1(C)c2ccccc2N(c2nc(-c3ccccc3)cc(-c3ccccc3)n2)c2c1ccc1c3ccccc3n(-c3ccccc3)c21. The van der Waals surface area contributed by atoms with Crippen molar-refractivity contribution in [1.29, 1.82) is 0 Å². The van der Waals surface area contributed by atoms with Crippen LogP contribution in [0.1, 0.15) is 25.0 Å². The minimum Gasteiger partial charge on any atom is -0.307 e. The average molecular weight is 605 g/mol. The molecule has 0 fully saturated rings. The van der Waals surface area contributed by atoms with E-state index in [0.29, 0.717) is 5.95 Å². The number of benzene rings is 6. The van der Waals surface area contributed by atoms with Gasteiger partial charge in [-0.1, -0.05) is 141 Å². The van der Waals surface area contributed by atoms with Crippen LogP contribution in [0.15, 0.2) is 158 Å². The molecule has 0 saturated heterocycles. The minimum atomic E-state index is -0.270. The van der Waals surface area contributed by atoms with E-state index < -0.39 is 0 Å². The molecule has 4 nitrogen and oxygen atoms in total. The molecule has 0 unspecified atom stereocenters. The van der Waals surface area contributed by atoms with Gasteiger partial charge >= 0.3 is 0 Å². The zero-order chi connectivity index (χ0) is 31.5.